The van der Waals surface area contributed by atoms with Gasteiger partial charge < -0.3 is 24.2 Å². The highest BCUT2D eigenvalue weighted by Crippen LogP contribution is 2.43. The van der Waals surface area contributed by atoms with Gasteiger partial charge >= 0.3 is 25.7 Å². The predicted octanol–water partition coefficient (Wildman–Crippen LogP) is 15.7. The van der Waals surface area contributed by atoms with Crippen molar-refractivity contribution in [2.75, 3.05) is 26.4 Å². The molecule has 0 saturated carbocycles. The molecular formula is C58H97O11P. The summed E-state index contributed by atoms with van der Waals surface area (Å²) < 4.78 is 39.3. The first-order chi connectivity index (χ1) is 34.2. The number of rotatable bonds is 49. The van der Waals surface area contributed by atoms with E-state index < -0.39 is 57.8 Å². The Morgan fingerprint density at radius 3 is 1.16 bits per heavy atom. The summed E-state index contributed by atoms with van der Waals surface area (Å²) in [6.45, 7) is 4.32. The number of carbonyl (C=O) groups is 3. The van der Waals surface area contributed by atoms with Crippen LogP contribution in [0.3, 0.4) is 0 Å². The predicted molar refractivity (Wildman–Crippen MR) is 288 cm³/mol. The molecule has 0 aliphatic carbocycles. The van der Waals surface area contributed by atoms with Crippen LogP contribution >= 0.6 is 7.82 Å². The molecule has 0 fully saturated rings. The minimum atomic E-state index is -4.76. The third kappa shape index (κ3) is 49.4. The molecule has 0 aromatic heterocycles. The van der Waals surface area contributed by atoms with E-state index in [9.17, 15) is 28.9 Å². The average Bonchev–Trinajstić information content (AvgIpc) is 3.35. The SMILES string of the molecule is CC/C=C\C/C=C\C/C=C\C/C=C\C/C=C\CCCCCC(=O)OCC(COP(=O)(O)OCC(CO)OC(=O)CCCCCCCCCCC)OC(=O)CCCCCCC/C=C\C/C=C\C/C=C\CC. The minimum absolute atomic E-state index is 0.137. The number of phosphoric ester groups is 1. The molecule has 0 bridgehead atoms. The van der Waals surface area contributed by atoms with Crippen LogP contribution in [-0.2, 0) is 42.2 Å². The Morgan fingerprint density at radius 1 is 0.414 bits per heavy atom. The Hall–Kier alpha value is -3.60. The molecule has 12 heteroatoms. The molecule has 11 nitrogen and oxygen atoms in total. The zero-order chi connectivity index (χ0) is 51.3. The van der Waals surface area contributed by atoms with E-state index in [1.807, 2.05) is 0 Å². The van der Waals surface area contributed by atoms with Crippen molar-refractivity contribution >= 4 is 25.7 Å². The first-order valence-electron chi connectivity index (χ1n) is 27.1. The molecule has 0 radical (unpaired) electrons. The highest BCUT2D eigenvalue weighted by Gasteiger charge is 2.28. The van der Waals surface area contributed by atoms with E-state index in [0.717, 1.165) is 122 Å². The summed E-state index contributed by atoms with van der Waals surface area (Å²) in [6, 6.07) is 0. The van der Waals surface area contributed by atoms with Crippen LogP contribution in [0, 0.1) is 0 Å². The second kappa shape index (κ2) is 51.7. The van der Waals surface area contributed by atoms with Crippen LogP contribution < -0.4 is 0 Å². The van der Waals surface area contributed by atoms with Gasteiger partial charge in [0, 0.05) is 19.3 Å². The van der Waals surface area contributed by atoms with Crippen molar-refractivity contribution in [3.8, 4) is 0 Å². The summed E-state index contributed by atoms with van der Waals surface area (Å²) in [6.07, 6.45) is 59.5. The standard InChI is InChI=1S/C58H97O11P/c1-4-7-10-13-16-19-21-23-25-26-27-28-30-31-33-36-38-41-44-47-56(60)65-51-55(69-58(62)49-46-43-40-37-34-32-29-24-22-20-17-14-11-8-5-2)53-67-70(63,64)66-52-54(50-59)68-57(61)48-45-42-39-35-18-15-12-9-6-3/h7-8,10-11,16-17,19-20,23-25,27-29,31,33,54-55,59H,4-6,9,12-15,18,21-22,26,30,32,34-53H2,1-3H3,(H,63,64)/b10-7-,11-8-,19-16-,20-17-,25-23-,28-27-,29-24-,33-31-. The number of unbranched alkanes of at least 4 members (excludes halogenated alkanes) is 16. The number of esters is 3. The number of hydrogen-bond acceptors (Lipinski definition) is 10. The quantitative estimate of drug-likeness (QED) is 0.0197. The summed E-state index contributed by atoms with van der Waals surface area (Å²) in [5, 5.41) is 9.76. The Balaban J connectivity index is 4.82. The lowest BCUT2D eigenvalue weighted by Crippen LogP contribution is -2.30. The van der Waals surface area contributed by atoms with Crippen molar-refractivity contribution in [3.05, 3.63) is 97.2 Å². The number of allylic oxidation sites excluding steroid dienone is 16. The van der Waals surface area contributed by atoms with Gasteiger partial charge in [0.1, 0.15) is 12.7 Å². The van der Waals surface area contributed by atoms with Gasteiger partial charge in [-0.25, -0.2) is 4.57 Å². The van der Waals surface area contributed by atoms with E-state index in [4.69, 9.17) is 23.3 Å². The topological polar surface area (TPSA) is 155 Å². The van der Waals surface area contributed by atoms with Gasteiger partial charge in [-0.15, -0.1) is 0 Å². The molecule has 0 rings (SSSR count). The Kier molecular flexibility index (Phi) is 49.1. The molecule has 0 amide bonds. The number of aliphatic hydroxyl groups is 1. The van der Waals surface area contributed by atoms with Crippen LogP contribution in [0.4, 0.5) is 0 Å². The Morgan fingerprint density at radius 2 is 0.743 bits per heavy atom. The monoisotopic (exact) mass is 1000 g/mol. The molecule has 0 spiro atoms. The van der Waals surface area contributed by atoms with E-state index in [0.29, 0.717) is 19.3 Å². The molecule has 3 atom stereocenters. The Bertz CT molecular complexity index is 1540. The average molecular weight is 1000 g/mol. The molecular weight excluding hydrogens is 904 g/mol. The fourth-order valence-electron chi connectivity index (χ4n) is 6.93. The maximum atomic E-state index is 12.9. The van der Waals surface area contributed by atoms with Crippen LogP contribution in [0.2, 0.25) is 0 Å². The van der Waals surface area contributed by atoms with Crippen molar-refractivity contribution in [1.82, 2.24) is 0 Å². The fourth-order valence-corrected chi connectivity index (χ4v) is 7.71. The summed E-state index contributed by atoms with van der Waals surface area (Å²) >= 11 is 0. The molecule has 0 aliphatic heterocycles. The number of hydrogen-bond donors (Lipinski definition) is 2. The number of aliphatic hydroxyl groups excluding tert-OH is 1. The maximum Gasteiger partial charge on any atom is 0.472 e. The summed E-state index contributed by atoms with van der Waals surface area (Å²) in [5.41, 5.74) is 0. The zero-order valence-electron chi connectivity index (χ0n) is 43.9. The molecule has 3 unspecified atom stereocenters. The Labute approximate surface area is 425 Å². The molecule has 0 aliphatic rings. The van der Waals surface area contributed by atoms with Gasteiger partial charge in [-0.2, -0.15) is 0 Å². The molecule has 0 aromatic carbocycles. The van der Waals surface area contributed by atoms with Crippen LogP contribution in [0.15, 0.2) is 97.2 Å². The van der Waals surface area contributed by atoms with Crippen LogP contribution in [0.1, 0.15) is 213 Å². The maximum absolute atomic E-state index is 12.9. The van der Waals surface area contributed by atoms with Crippen molar-refractivity contribution in [1.29, 1.82) is 0 Å². The highest BCUT2D eigenvalue weighted by atomic mass is 31.2. The van der Waals surface area contributed by atoms with E-state index >= 15 is 0 Å². The van der Waals surface area contributed by atoms with Gasteiger partial charge in [-0.05, 0) is 96.3 Å². The van der Waals surface area contributed by atoms with E-state index in [1.54, 1.807) is 0 Å². The van der Waals surface area contributed by atoms with Gasteiger partial charge in [0.25, 0.3) is 0 Å². The zero-order valence-corrected chi connectivity index (χ0v) is 44.8. The minimum Gasteiger partial charge on any atom is -0.462 e. The van der Waals surface area contributed by atoms with Crippen molar-refractivity contribution < 1.29 is 52.2 Å². The molecule has 0 heterocycles. The number of phosphoric acid groups is 1. The van der Waals surface area contributed by atoms with E-state index in [2.05, 4.69) is 118 Å². The largest absolute Gasteiger partial charge is 0.472 e. The number of ether oxygens (including phenoxy) is 3. The van der Waals surface area contributed by atoms with Gasteiger partial charge in [-0.3, -0.25) is 23.4 Å². The summed E-state index contributed by atoms with van der Waals surface area (Å²) in [5.74, 6) is -1.53. The molecule has 70 heavy (non-hydrogen) atoms. The van der Waals surface area contributed by atoms with Crippen LogP contribution in [-0.4, -0.2) is 66.5 Å². The fraction of sp³-hybridized carbons (Fsp3) is 0.672. The normalized spacial score (nSPS) is 14.2. The summed E-state index contributed by atoms with van der Waals surface area (Å²) in [4.78, 5) is 48.3. The molecule has 0 saturated heterocycles. The van der Waals surface area contributed by atoms with Gasteiger partial charge in [0.15, 0.2) is 6.10 Å². The van der Waals surface area contributed by atoms with Crippen molar-refractivity contribution in [3.63, 3.8) is 0 Å². The first-order valence-corrected chi connectivity index (χ1v) is 28.6. The van der Waals surface area contributed by atoms with Gasteiger partial charge in [0.2, 0.25) is 0 Å². The molecule has 0 aromatic rings. The van der Waals surface area contributed by atoms with E-state index in [1.165, 1.54) is 32.1 Å². The lowest BCUT2D eigenvalue weighted by atomic mass is 10.1. The van der Waals surface area contributed by atoms with Gasteiger partial charge in [-0.1, -0.05) is 195 Å². The number of carbonyl (C=O) groups excluding carboxylic acids is 3. The summed E-state index contributed by atoms with van der Waals surface area (Å²) in [7, 11) is -4.76. The lowest BCUT2D eigenvalue weighted by Gasteiger charge is -2.21. The van der Waals surface area contributed by atoms with Crippen LogP contribution in [0.5, 0.6) is 0 Å². The highest BCUT2D eigenvalue weighted by molar-refractivity contribution is 7.47. The third-order valence-electron chi connectivity index (χ3n) is 11.0. The molecule has 2 N–H and O–H groups in total. The first kappa shape index (κ1) is 66.4. The lowest BCUT2D eigenvalue weighted by molar-refractivity contribution is -0.161. The third-order valence-corrected chi connectivity index (χ3v) is 12.0. The molecule has 400 valence electrons. The smallest absolute Gasteiger partial charge is 0.462 e. The van der Waals surface area contributed by atoms with E-state index in [-0.39, 0.29) is 25.9 Å². The van der Waals surface area contributed by atoms with Crippen LogP contribution in [0.25, 0.3) is 0 Å². The second-order valence-electron chi connectivity index (χ2n) is 17.6. The second-order valence-corrected chi connectivity index (χ2v) is 19.1. The van der Waals surface area contributed by atoms with Gasteiger partial charge in [0.05, 0.1) is 19.8 Å². The van der Waals surface area contributed by atoms with Crippen molar-refractivity contribution in [2.24, 2.45) is 0 Å². The van der Waals surface area contributed by atoms with Crippen molar-refractivity contribution in [2.45, 2.75) is 226 Å².